The number of likely N-dealkylation sites (N-methyl/N-ethyl adjacent to an activating group) is 1. The lowest BCUT2D eigenvalue weighted by Crippen LogP contribution is -2.45. The minimum Gasteiger partial charge on any atom is -0.381 e. The molecule has 3 saturated heterocycles. The van der Waals surface area contributed by atoms with Crippen LogP contribution in [0.1, 0.15) is 18.4 Å². The van der Waals surface area contributed by atoms with Gasteiger partial charge in [0.05, 0.1) is 6.61 Å². The standard InChI is InChI=1S/C21H32ClN5O/c1-23-20(27-8-6-21(15-27)7-13-28-16-21)24-14-17-18(22)4-3-5-19(17)26-11-9-25(2)10-12-26/h3-5H,6-16H2,1-2H3,(H,23,24). The number of ether oxygens (including phenoxy) is 1. The van der Waals surface area contributed by atoms with Crippen molar-refractivity contribution in [3.05, 3.63) is 28.8 Å². The molecule has 1 N–H and O–H groups in total. The Balaban J connectivity index is 1.44. The zero-order valence-corrected chi connectivity index (χ0v) is 17.8. The molecule has 3 aliphatic rings. The molecular weight excluding hydrogens is 374 g/mol. The summed E-state index contributed by atoms with van der Waals surface area (Å²) in [6.07, 6.45) is 2.35. The number of anilines is 1. The average molecular weight is 406 g/mol. The summed E-state index contributed by atoms with van der Waals surface area (Å²) >= 11 is 6.61. The van der Waals surface area contributed by atoms with Gasteiger partial charge in [0.1, 0.15) is 0 Å². The number of nitrogens with one attached hydrogen (secondary N) is 1. The highest BCUT2D eigenvalue weighted by Gasteiger charge is 2.42. The minimum absolute atomic E-state index is 0.326. The molecule has 0 aromatic heterocycles. The molecule has 1 unspecified atom stereocenters. The fourth-order valence-electron chi connectivity index (χ4n) is 4.65. The van der Waals surface area contributed by atoms with Crippen LogP contribution in [-0.2, 0) is 11.3 Å². The second-order valence-corrected chi connectivity index (χ2v) is 8.81. The van der Waals surface area contributed by atoms with Gasteiger partial charge in [-0.3, -0.25) is 4.99 Å². The first kappa shape index (κ1) is 19.8. The predicted octanol–water partition coefficient (Wildman–Crippen LogP) is 2.28. The average Bonchev–Trinajstić information content (AvgIpc) is 3.34. The van der Waals surface area contributed by atoms with E-state index in [1.807, 2.05) is 13.1 Å². The summed E-state index contributed by atoms with van der Waals surface area (Å²) in [5.74, 6) is 0.966. The maximum absolute atomic E-state index is 6.61. The number of halogens is 1. The number of benzene rings is 1. The normalized spacial score (nSPS) is 26.5. The lowest BCUT2D eigenvalue weighted by Gasteiger charge is -2.35. The van der Waals surface area contributed by atoms with Crippen LogP contribution in [0.25, 0.3) is 0 Å². The number of rotatable bonds is 3. The van der Waals surface area contributed by atoms with Gasteiger partial charge in [0.25, 0.3) is 0 Å². The molecule has 0 amide bonds. The van der Waals surface area contributed by atoms with E-state index in [1.54, 1.807) is 0 Å². The lowest BCUT2D eigenvalue weighted by molar-refractivity contribution is 0.156. The molecule has 4 rings (SSSR count). The largest absolute Gasteiger partial charge is 0.381 e. The van der Waals surface area contributed by atoms with E-state index in [4.69, 9.17) is 16.3 Å². The molecular formula is C21H32ClN5O. The molecule has 0 aliphatic carbocycles. The Morgan fingerprint density at radius 2 is 2.04 bits per heavy atom. The fraction of sp³-hybridized carbons (Fsp3) is 0.667. The summed E-state index contributed by atoms with van der Waals surface area (Å²) in [5.41, 5.74) is 2.73. The van der Waals surface area contributed by atoms with Crippen molar-refractivity contribution in [1.29, 1.82) is 0 Å². The Labute approximate surface area is 173 Å². The smallest absolute Gasteiger partial charge is 0.193 e. The van der Waals surface area contributed by atoms with Crippen molar-refractivity contribution >= 4 is 23.2 Å². The van der Waals surface area contributed by atoms with E-state index < -0.39 is 0 Å². The first-order valence-electron chi connectivity index (χ1n) is 10.3. The van der Waals surface area contributed by atoms with Gasteiger partial charge < -0.3 is 24.8 Å². The van der Waals surface area contributed by atoms with E-state index in [2.05, 4.69) is 44.2 Å². The first-order chi connectivity index (χ1) is 13.6. The van der Waals surface area contributed by atoms with E-state index in [-0.39, 0.29) is 0 Å². The first-order valence-corrected chi connectivity index (χ1v) is 10.7. The van der Waals surface area contributed by atoms with Crippen LogP contribution in [0, 0.1) is 5.41 Å². The number of hydrogen-bond donors (Lipinski definition) is 1. The Kier molecular flexibility index (Phi) is 5.99. The van der Waals surface area contributed by atoms with Crippen LogP contribution in [0.5, 0.6) is 0 Å². The summed E-state index contributed by atoms with van der Waals surface area (Å²) in [7, 11) is 4.05. The highest BCUT2D eigenvalue weighted by atomic mass is 35.5. The van der Waals surface area contributed by atoms with Crippen molar-refractivity contribution in [2.45, 2.75) is 19.4 Å². The van der Waals surface area contributed by atoms with Gasteiger partial charge in [-0.05, 0) is 32.0 Å². The SMILES string of the molecule is CN=C(NCc1c(Cl)cccc1N1CCN(C)CC1)N1CCC2(CCOC2)C1. The Morgan fingerprint density at radius 3 is 2.75 bits per heavy atom. The Morgan fingerprint density at radius 1 is 1.21 bits per heavy atom. The van der Waals surface area contributed by atoms with E-state index in [0.29, 0.717) is 12.0 Å². The van der Waals surface area contributed by atoms with Crippen LogP contribution in [0.4, 0.5) is 5.69 Å². The second-order valence-electron chi connectivity index (χ2n) is 8.40. The molecule has 0 saturated carbocycles. The van der Waals surface area contributed by atoms with Crippen molar-refractivity contribution in [3.8, 4) is 0 Å². The van der Waals surface area contributed by atoms with E-state index in [9.17, 15) is 0 Å². The molecule has 7 heteroatoms. The summed E-state index contributed by atoms with van der Waals surface area (Å²) in [5, 5.41) is 4.40. The molecule has 0 bridgehead atoms. The van der Waals surface area contributed by atoms with Crippen LogP contribution in [0.15, 0.2) is 23.2 Å². The van der Waals surface area contributed by atoms with Gasteiger partial charge in [-0.15, -0.1) is 0 Å². The maximum atomic E-state index is 6.61. The molecule has 3 fully saturated rings. The van der Waals surface area contributed by atoms with E-state index in [0.717, 1.165) is 69.0 Å². The third-order valence-corrected chi connectivity index (χ3v) is 6.85. The Bertz CT molecular complexity index is 711. The van der Waals surface area contributed by atoms with Crippen molar-refractivity contribution < 1.29 is 4.74 Å². The fourth-order valence-corrected chi connectivity index (χ4v) is 4.89. The summed E-state index contributed by atoms with van der Waals surface area (Å²) in [6, 6.07) is 6.23. The molecule has 1 aromatic rings. The quantitative estimate of drug-likeness (QED) is 0.617. The lowest BCUT2D eigenvalue weighted by atomic mass is 9.87. The number of nitrogens with zero attached hydrogens (tertiary/aromatic N) is 4. The van der Waals surface area contributed by atoms with Gasteiger partial charge in [-0.25, -0.2) is 0 Å². The molecule has 3 aliphatic heterocycles. The summed E-state index contributed by atoms with van der Waals surface area (Å²) in [6.45, 7) is 8.77. The van der Waals surface area contributed by atoms with Gasteiger partial charge in [-0.1, -0.05) is 17.7 Å². The molecule has 6 nitrogen and oxygen atoms in total. The molecule has 28 heavy (non-hydrogen) atoms. The van der Waals surface area contributed by atoms with Crippen molar-refractivity contribution in [1.82, 2.24) is 15.1 Å². The number of likely N-dealkylation sites (tertiary alicyclic amines) is 1. The molecule has 0 radical (unpaired) electrons. The van der Waals surface area contributed by atoms with Crippen LogP contribution < -0.4 is 10.2 Å². The number of piperazine rings is 1. The van der Waals surface area contributed by atoms with Gasteiger partial charge in [-0.2, -0.15) is 0 Å². The second kappa shape index (κ2) is 8.47. The topological polar surface area (TPSA) is 43.3 Å². The van der Waals surface area contributed by atoms with Crippen molar-refractivity contribution in [3.63, 3.8) is 0 Å². The number of hydrogen-bond acceptors (Lipinski definition) is 4. The molecule has 1 spiro atoms. The minimum atomic E-state index is 0.326. The van der Waals surface area contributed by atoms with E-state index >= 15 is 0 Å². The Hall–Kier alpha value is -1.50. The van der Waals surface area contributed by atoms with Gasteiger partial charge in [0.15, 0.2) is 5.96 Å². The van der Waals surface area contributed by atoms with Crippen LogP contribution in [0.2, 0.25) is 5.02 Å². The third kappa shape index (κ3) is 4.09. The van der Waals surface area contributed by atoms with Crippen molar-refractivity contribution in [2.75, 3.05) is 71.5 Å². The van der Waals surface area contributed by atoms with Crippen LogP contribution >= 0.6 is 11.6 Å². The van der Waals surface area contributed by atoms with Gasteiger partial charge in [0, 0.05) is 81.2 Å². The summed E-state index contributed by atoms with van der Waals surface area (Å²) in [4.78, 5) is 11.7. The predicted molar refractivity (Wildman–Crippen MR) is 115 cm³/mol. The number of aliphatic imine (C=N–C) groups is 1. The molecule has 154 valence electrons. The highest BCUT2D eigenvalue weighted by Crippen LogP contribution is 2.38. The zero-order chi connectivity index (χ0) is 19.6. The van der Waals surface area contributed by atoms with Crippen LogP contribution in [-0.4, -0.2) is 82.3 Å². The monoisotopic (exact) mass is 405 g/mol. The third-order valence-electron chi connectivity index (χ3n) is 6.50. The van der Waals surface area contributed by atoms with E-state index in [1.165, 1.54) is 18.5 Å². The number of guanidine groups is 1. The van der Waals surface area contributed by atoms with Crippen LogP contribution in [0.3, 0.4) is 0 Å². The van der Waals surface area contributed by atoms with Crippen molar-refractivity contribution in [2.24, 2.45) is 10.4 Å². The summed E-state index contributed by atoms with van der Waals surface area (Å²) < 4.78 is 5.67. The maximum Gasteiger partial charge on any atom is 0.193 e. The molecule has 1 atom stereocenters. The highest BCUT2D eigenvalue weighted by molar-refractivity contribution is 6.31. The molecule has 1 aromatic carbocycles. The van der Waals surface area contributed by atoms with Gasteiger partial charge in [0.2, 0.25) is 0 Å². The molecule has 3 heterocycles. The zero-order valence-electron chi connectivity index (χ0n) is 17.1. The van der Waals surface area contributed by atoms with Gasteiger partial charge >= 0.3 is 0 Å².